The number of amides is 1. The Kier molecular flexibility index (Phi) is 4.70. The van der Waals surface area contributed by atoms with Crippen molar-refractivity contribution in [1.82, 2.24) is 10.2 Å². The molecule has 0 bridgehead atoms. The average molecular weight is 292 g/mol. The third kappa shape index (κ3) is 4.13. The highest BCUT2D eigenvalue weighted by atomic mass is 19.1. The Bertz CT molecular complexity index is 586. The van der Waals surface area contributed by atoms with E-state index in [2.05, 4.69) is 10.2 Å². The largest absolute Gasteiger partial charge is 0.478 e. The quantitative estimate of drug-likeness (QED) is 0.822. The van der Waals surface area contributed by atoms with E-state index in [-0.39, 0.29) is 11.6 Å². The molecule has 1 unspecified atom stereocenters. The third-order valence-electron chi connectivity index (χ3n) is 3.38. The Hall–Kier alpha value is -2.21. The Morgan fingerprint density at radius 1 is 1.48 bits per heavy atom. The first-order valence-electron chi connectivity index (χ1n) is 6.65. The Labute approximate surface area is 122 Å². The number of carboxylic acids is 1. The Morgan fingerprint density at radius 3 is 2.81 bits per heavy atom. The number of carbonyl (C=O) groups is 2. The molecule has 5 nitrogen and oxygen atoms in total. The van der Waals surface area contributed by atoms with E-state index in [4.69, 9.17) is 5.11 Å². The molecule has 112 valence electrons. The maximum atomic E-state index is 13.9. The summed E-state index contributed by atoms with van der Waals surface area (Å²) in [7, 11) is 1.97. The maximum absolute atomic E-state index is 13.9. The number of carbonyl (C=O) groups excluding carboxylic acids is 1. The lowest BCUT2D eigenvalue weighted by Crippen LogP contribution is -2.36. The first kappa shape index (κ1) is 15.2. The lowest BCUT2D eigenvalue weighted by atomic mass is 10.1. The number of benzene rings is 1. The molecule has 1 fully saturated rings. The van der Waals surface area contributed by atoms with E-state index in [1.165, 1.54) is 18.2 Å². The lowest BCUT2D eigenvalue weighted by Gasteiger charge is -2.13. The first-order chi connectivity index (χ1) is 9.95. The van der Waals surface area contributed by atoms with E-state index in [9.17, 15) is 14.0 Å². The molecule has 1 amide bonds. The SMILES string of the molecule is CN1CCC(NC(=O)c2ccc(C=CC(=O)O)cc2F)C1. The number of hydrogen-bond donors (Lipinski definition) is 2. The number of halogens is 1. The summed E-state index contributed by atoms with van der Waals surface area (Å²) >= 11 is 0. The number of carboxylic acid groups (broad SMARTS) is 1. The fourth-order valence-corrected chi connectivity index (χ4v) is 2.30. The number of aliphatic carboxylic acids is 1. The molecule has 2 N–H and O–H groups in total. The summed E-state index contributed by atoms with van der Waals surface area (Å²) in [5.74, 6) is -2.21. The van der Waals surface area contributed by atoms with Crippen molar-refractivity contribution in [3.63, 3.8) is 0 Å². The summed E-state index contributed by atoms with van der Waals surface area (Å²) in [6.07, 6.45) is 3.05. The van der Waals surface area contributed by atoms with Crippen molar-refractivity contribution in [2.24, 2.45) is 0 Å². The van der Waals surface area contributed by atoms with E-state index in [0.717, 1.165) is 31.7 Å². The van der Waals surface area contributed by atoms with Gasteiger partial charge in [-0.1, -0.05) is 6.07 Å². The van der Waals surface area contributed by atoms with Crippen LogP contribution in [0.1, 0.15) is 22.3 Å². The van der Waals surface area contributed by atoms with E-state index in [1.54, 1.807) is 0 Å². The van der Waals surface area contributed by atoms with Gasteiger partial charge in [0.2, 0.25) is 0 Å². The van der Waals surface area contributed by atoms with E-state index in [0.29, 0.717) is 5.56 Å². The smallest absolute Gasteiger partial charge is 0.328 e. The predicted octanol–water partition coefficient (Wildman–Crippen LogP) is 1.36. The zero-order valence-electron chi connectivity index (χ0n) is 11.7. The van der Waals surface area contributed by atoms with Crippen LogP contribution in [0.5, 0.6) is 0 Å². The summed E-state index contributed by atoms with van der Waals surface area (Å²) in [5.41, 5.74) is 0.365. The van der Waals surface area contributed by atoms with Gasteiger partial charge in [0.05, 0.1) is 5.56 Å². The highest BCUT2D eigenvalue weighted by Crippen LogP contribution is 2.13. The van der Waals surface area contributed by atoms with Gasteiger partial charge >= 0.3 is 5.97 Å². The molecule has 2 rings (SSSR count). The number of likely N-dealkylation sites (N-methyl/N-ethyl adjacent to an activating group) is 1. The fraction of sp³-hybridized carbons (Fsp3) is 0.333. The standard InChI is InChI=1S/C15H17FN2O3/c1-18-7-6-11(9-18)17-15(21)12-4-2-10(8-13(12)16)3-5-14(19)20/h2-5,8,11H,6-7,9H2,1H3,(H,17,21)(H,19,20). The number of nitrogens with one attached hydrogen (secondary N) is 1. The molecule has 1 aliphatic rings. The van der Waals surface area contributed by atoms with Crippen molar-refractivity contribution in [3.05, 3.63) is 41.2 Å². The summed E-state index contributed by atoms with van der Waals surface area (Å²) in [4.78, 5) is 24.5. The molecule has 1 aromatic rings. The molecule has 6 heteroatoms. The van der Waals surface area contributed by atoms with Crippen molar-refractivity contribution < 1.29 is 19.1 Å². The molecule has 1 heterocycles. The van der Waals surface area contributed by atoms with Gasteiger partial charge in [-0.05, 0) is 43.8 Å². The van der Waals surface area contributed by atoms with Crippen LogP contribution in [-0.2, 0) is 4.79 Å². The van der Waals surface area contributed by atoms with Crippen LogP contribution in [0, 0.1) is 5.82 Å². The zero-order valence-corrected chi connectivity index (χ0v) is 11.7. The van der Waals surface area contributed by atoms with Crippen molar-refractivity contribution in [1.29, 1.82) is 0 Å². The van der Waals surface area contributed by atoms with Crippen molar-refractivity contribution in [2.75, 3.05) is 20.1 Å². The van der Waals surface area contributed by atoms with E-state index in [1.807, 2.05) is 7.05 Å². The molecule has 0 aromatic heterocycles. The van der Waals surface area contributed by atoms with Crippen LogP contribution in [0.4, 0.5) is 4.39 Å². The molecule has 1 aliphatic heterocycles. The predicted molar refractivity (Wildman–Crippen MR) is 76.4 cm³/mol. The van der Waals surface area contributed by atoms with Gasteiger partial charge in [0, 0.05) is 18.7 Å². The van der Waals surface area contributed by atoms with Gasteiger partial charge in [-0.15, -0.1) is 0 Å². The van der Waals surface area contributed by atoms with Crippen molar-refractivity contribution in [2.45, 2.75) is 12.5 Å². The van der Waals surface area contributed by atoms with Gasteiger partial charge in [0.15, 0.2) is 0 Å². The van der Waals surface area contributed by atoms with Gasteiger partial charge in [-0.3, -0.25) is 4.79 Å². The molecule has 1 atom stereocenters. The van der Waals surface area contributed by atoms with Gasteiger partial charge < -0.3 is 15.3 Å². The van der Waals surface area contributed by atoms with Gasteiger partial charge in [0.1, 0.15) is 5.82 Å². The summed E-state index contributed by atoms with van der Waals surface area (Å²) < 4.78 is 13.9. The van der Waals surface area contributed by atoms with Crippen LogP contribution in [0.3, 0.4) is 0 Å². The van der Waals surface area contributed by atoms with Crippen LogP contribution >= 0.6 is 0 Å². The van der Waals surface area contributed by atoms with Gasteiger partial charge in [-0.2, -0.15) is 0 Å². The minimum Gasteiger partial charge on any atom is -0.478 e. The second-order valence-electron chi connectivity index (χ2n) is 5.13. The number of likely N-dealkylation sites (tertiary alicyclic amines) is 1. The normalized spacial score (nSPS) is 19.0. The van der Waals surface area contributed by atoms with Crippen LogP contribution in [0.2, 0.25) is 0 Å². The highest BCUT2D eigenvalue weighted by Gasteiger charge is 2.22. The topological polar surface area (TPSA) is 69.6 Å². The Morgan fingerprint density at radius 2 is 2.24 bits per heavy atom. The second kappa shape index (κ2) is 6.49. The zero-order chi connectivity index (χ0) is 15.4. The second-order valence-corrected chi connectivity index (χ2v) is 5.13. The molecule has 1 aromatic carbocycles. The molecular formula is C15H17FN2O3. The number of nitrogens with zero attached hydrogens (tertiary/aromatic N) is 1. The first-order valence-corrected chi connectivity index (χ1v) is 6.65. The number of hydrogen-bond acceptors (Lipinski definition) is 3. The maximum Gasteiger partial charge on any atom is 0.328 e. The fourth-order valence-electron chi connectivity index (χ4n) is 2.30. The molecule has 21 heavy (non-hydrogen) atoms. The van der Waals surface area contributed by atoms with Crippen molar-refractivity contribution >= 4 is 18.0 Å². The van der Waals surface area contributed by atoms with Crippen molar-refractivity contribution in [3.8, 4) is 0 Å². The van der Waals surface area contributed by atoms with Gasteiger partial charge in [-0.25, -0.2) is 9.18 Å². The molecule has 0 radical (unpaired) electrons. The van der Waals surface area contributed by atoms with Crippen LogP contribution in [0.25, 0.3) is 6.08 Å². The summed E-state index contributed by atoms with van der Waals surface area (Å²) in [5, 5.41) is 11.3. The van der Waals surface area contributed by atoms with Gasteiger partial charge in [0.25, 0.3) is 5.91 Å². The summed E-state index contributed by atoms with van der Waals surface area (Å²) in [6, 6.07) is 4.06. The minimum atomic E-state index is -1.11. The monoisotopic (exact) mass is 292 g/mol. The van der Waals surface area contributed by atoms with Crippen LogP contribution in [0.15, 0.2) is 24.3 Å². The molecule has 0 aliphatic carbocycles. The Balaban J connectivity index is 2.06. The molecular weight excluding hydrogens is 275 g/mol. The summed E-state index contributed by atoms with van der Waals surface area (Å²) in [6.45, 7) is 1.67. The molecule has 1 saturated heterocycles. The average Bonchev–Trinajstić information content (AvgIpc) is 2.81. The minimum absolute atomic E-state index is 0.0305. The number of rotatable bonds is 4. The third-order valence-corrected chi connectivity index (χ3v) is 3.38. The lowest BCUT2D eigenvalue weighted by molar-refractivity contribution is -0.131. The molecule has 0 saturated carbocycles. The highest BCUT2D eigenvalue weighted by molar-refractivity contribution is 5.95. The van der Waals surface area contributed by atoms with Crippen LogP contribution in [-0.4, -0.2) is 48.1 Å². The van der Waals surface area contributed by atoms with Crippen LogP contribution < -0.4 is 5.32 Å². The van der Waals surface area contributed by atoms with E-state index < -0.39 is 17.7 Å². The molecule has 0 spiro atoms. The van der Waals surface area contributed by atoms with E-state index >= 15 is 0 Å².